The van der Waals surface area contributed by atoms with Gasteiger partial charge in [0.05, 0.1) is 20.0 Å². The average Bonchev–Trinajstić information content (AvgIpc) is 2.45. The van der Waals surface area contributed by atoms with Crippen LogP contribution < -0.4 is 0 Å². The third-order valence-electron chi connectivity index (χ3n) is 2.52. The molecule has 0 aromatic heterocycles. The number of nitrogens with zero attached hydrogens (tertiary/aromatic N) is 3. The molecule has 0 aliphatic carbocycles. The lowest BCUT2D eigenvalue weighted by Gasteiger charge is -2.02. The lowest BCUT2D eigenvalue weighted by molar-refractivity contribution is -0.435. The zero-order valence-electron chi connectivity index (χ0n) is 10.5. The van der Waals surface area contributed by atoms with Crippen molar-refractivity contribution in [1.29, 1.82) is 0 Å². The summed E-state index contributed by atoms with van der Waals surface area (Å²) in [5.41, 5.74) is -0.374. The van der Waals surface area contributed by atoms with E-state index < -0.39 is 10.6 Å². The standard InChI is InChI=1S/C12H5Cl4N3O3/c13-8-2-1-7(5-9(8)14)18(20)17-6-3-10(15)12(16)11(4-6)19(21)22/h1-5H. The van der Waals surface area contributed by atoms with Gasteiger partial charge in [0.25, 0.3) is 5.69 Å². The molecule has 0 aliphatic heterocycles. The summed E-state index contributed by atoms with van der Waals surface area (Å²) in [4.78, 5) is 10.4. The molecule has 0 saturated heterocycles. The van der Waals surface area contributed by atoms with Gasteiger partial charge in [-0.2, -0.15) is 0 Å². The molecule has 2 aromatic carbocycles. The first-order valence-electron chi connectivity index (χ1n) is 5.57. The molecule has 0 radical (unpaired) electrons. The van der Waals surface area contributed by atoms with Gasteiger partial charge in [0.1, 0.15) is 10.7 Å². The fraction of sp³-hybridized carbons (Fsp3) is 0. The second kappa shape index (κ2) is 6.66. The van der Waals surface area contributed by atoms with Gasteiger partial charge in [-0.3, -0.25) is 10.1 Å². The highest BCUT2D eigenvalue weighted by Gasteiger charge is 2.18. The van der Waals surface area contributed by atoms with E-state index in [1.54, 1.807) is 0 Å². The minimum absolute atomic E-state index is 0.0258. The molecule has 0 atom stereocenters. The van der Waals surface area contributed by atoms with E-state index in [9.17, 15) is 15.3 Å². The summed E-state index contributed by atoms with van der Waals surface area (Å²) in [5.74, 6) is 0. The van der Waals surface area contributed by atoms with Crippen molar-refractivity contribution in [2.45, 2.75) is 0 Å². The van der Waals surface area contributed by atoms with E-state index in [0.717, 1.165) is 6.07 Å². The van der Waals surface area contributed by atoms with Gasteiger partial charge in [0, 0.05) is 23.3 Å². The number of benzene rings is 2. The first-order valence-corrected chi connectivity index (χ1v) is 7.08. The van der Waals surface area contributed by atoms with Crippen molar-refractivity contribution in [3.05, 3.63) is 65.7 Å². The van der Waals surface area contributed by atoms with Crippen molar-refractivity contribution in [3.8, 4) is 0 Å². The van der Waals surface area contributed by atoms with Crippen molar-refractivity contribution in [2.24, 2.45) is 5.11 Å². The summed E-state index contributed by atoms with van der Waals surface area (Å²) in [6.07, 6.45) is 0. The number of halogens is 4. The van der Waals surface area contributed by atoms with Crippen LogP contribution in [0.15, 0.2) is 35.4 Å². The predicted octanol–water partition coefficient (Wildman–Crippen LogP) is 6.13. The Bertz CT molecular complexity index is 795. The number of hydrogen-bond acceptors (Lipinski definition) is 4. The first-order chi connectivity index (χ1) is 10.3. The van der Waals surface area contributed by atoms with Crippen LogP contribution in [0.3, 0.4) is 0 Å². The molecule has 22 heavy (non-hydrogen) atoms. The maximum Gasteiger partial charge on any atom is 0.291 e. The lowest BCUT2D eigenvalue weighted by atomic mass is 10.3. The Morgan fingerprint density at radius 2 is 1.59 bits per heavy atom. The molecule has 114 valence electrons. The third kappa shape index (κ3) is 3.59. The monoisotopic (exact) mass is 379 g/mol. The zero-order valence-corrected chi connectivity index (χ0v) is 13.5. The van der Waals surface area contributed by atoms with Gasteiger partial charge in [-0.05, 0) is 12.1 Å². The van der Waals surface area contributed by atoms with Crippen molar-refractivity contribution in [3.63, 3.8) is 0 Å². The third-order valence-corrected chi connectivity index (χ3v) is 4.05. The Labute approximate surface area is 144 Å². The van der Waals surface area contributed by atoms with Gasteiger partial charge in [0.15, 0.2) is 0 Å². The largest absolute Gasteiger partial charge is 0.594 e. The Balaban J connectivity index is 2.48. The number of hydrogen-bond donors (Lipinski definition) is 0. The summed E-state index contributed by atoms with van der Waals surface area (Å²) >= 11 is 23.1. The summed E-state index contributed by atoms with van der Waals surface area (Å²) in [5, 5.41) is 26.6. The van der Waals surface area contributed by atoms with Crippen molar-refractivity contribution in [1.82, 2.24) is 0 Å². The summed E-state index contributed by atoms with van der Waals surface area (Å²) < 4.78 is 0. The molecule has 0 saturated carbocycles. The smallest absolute Gasteiger partial charge is 0.291 e. The number of rotatable bonds is 3. The highest BCUT2D eigenvalue weighted by Crippen LogP contribution is 2.36. The second-order valence-electron chi connectivity index (χ2n) is 3.99. The quantitative estimate of drug-likeness (QED) is 0.277. The van der Waals surface area contributed by atoms with Crippen LogP contribution in [0.25, 0.3) is 0 Å². The van der Waals surface area contributed by atoms with E-state index >= 15 is 0 Å². The second-order valence-corrected chi connectivity index (χ2v) is 5.59. The van der Waals surface area contributed by atoms with Crippen molar-refractivity contribution < 1.29 is 9.78 Å². The number of nitro groups is 1. The van der Waals surface area contributed by atoms with Crippen LogP contribution in [-0.4, -0.2) is 9.78 Å². The highest BCUT2D eigenvalue weighted by molar-refractivity contribution is 6.43. The molecule has 2 rings (SSSR count). The van der Waals surface area contributed by atoms with E-state index in [0.29, 0.717) is 0 Å². The minimum Gasteiger partial charge on any atom is -0.594 e. The first kappa shape index (κ1) is 16.8. The average molecular weight is 381 g/mol. The molecule has 0 spiro atoms. The number of nitro benzene ring substituents is 1. The van der Waals surface area contributed by atoms with E-state index in [2.05, 4.69) is 5.11 Å². The van der Waals surface area contributed by atoms with Gasteiger partial charge >= 0.3 is 0 Å². The van der Waals surface area contributed by atoms with Crippen LogP contribution in [-0.2, 0) is 0 Å². The van der Waals surface area contributed by atoms with E-state index in [1.165, 1.54) is 24.3 Å². The van der Waals surface area contributed by atoms with Crippen molar-refractivity contribution >= 4 is 63.5 Å². The molecule has 0 fully saturated rings. The SMILES string of the molecule is O=[N+]([O-])c1cc(N=[N+]([O-])c2ccc(Cl)c(Cl)c2)cc(Cl)c1Cl. The maximum atomic E-state index is 12.0. The van der Waals surface area contributed by atoms with E-state index in [-0.39, 0.29) is 36.3 Å². The summed E-state index contributed by atoms with van der Waals surface area (Å²) in [6, 6.07) is 6.41. The zero-order chi connectivity index (χ0) is 16.4. The van der Waals surface area contributed by atoms with Crippen LogP contribution in [0.5, 0.6) is 0 Å². The molecule has 2 aromatic rings. The number of azo groups is 1. The molecule has 0 aliphatic rings. The Kier molecular flexibility index (Phi) is 5.08. The molecule has 10 heteroatoms. The minimum atomic E-state index is -0.721. The normalized spacial score (nSPS) is 11.5. The maximum absolute atomic E-state index is 12.0. The Morgan fingerprint density at radius 3 is 2.18 bits per heavy atom. The van der Waals surface area contributed by atoms with Crippen LogP contribution in [0.1, 0.15) is 0 Å². The van der Waals surface area contributed by atoms with Gasteiger partial charge < -0.3 is 5.21 Å². The molecule has 0 N–H and O–H groups in total. The molecule has 0 unspecified atom stereocenters. The highest BCUT2D eigenvalue weighted by atomic mass is 35.5. The van der Waals surface area contributed by atoms with Gasteiger partial charge in [-0.25, -0.2) is 0 Å². The lowest BCUT2D eigenvalue weighted by Crippen LogP contribution is -1.92. The Hall–Kier alpha value is -1.60. The van der Waals surface area contributed by atoms with Crippen LogP contribution >= 0.6 is 46.4 Å². The molecular formula is C12H5Cl4N3O3. The predicted molar refractivity (Wildman–Crippen MR) is 85.0 cm³/mol. The summed E-state index contributed by atoms with van der Waals surface area (Å²) in [6.45, 7) is 0. The molecule has 0 amide bonds. The van der Waals surface area contributed by atoms with E-state index in [1.807, 2.05) is 0 Å². The van der Waals surface area contributed by atoms with Crippen molar-refractivity contribution in [2.75, 3.05) is 0 Å². The topological polar surface area (TPSA) is 81.6 Å². The summed E-state index contributed by atoms with van der Waals surface area (Å²) in [7, 11) is 0. The van der Waals surface area contributed by atoms with E-state index in [4.69, 9.17) is 46.4 Å². The fourth-order valence-corrected chi connectivity index (χ4v) is 2.20. The molecule has 0 bridgehead atoms. The van der Waals surface area contributed by atoms with Crippen LogP contribution in [0, 0.1) is 15.3 Å². The van der Waals surface area contributed by atoms with Crippen LogP contribution in [0.4, 0.5) is 17.1 Å². The molecule has 0 heterocycles. The Morgan fingerprint density at radius 1 is 0.909 bits per heavy atom. The van der Waals surface area contributed by atoms with Gasteiger partial charge in [-0.15, -0.1) is 0 Å². The molecular weight excluding hydrogens is 376 g/mol. The fourth-order valence-electron chi connectivity index (χ4n) is 1.52. The van der Waals surface area contributed by atoms with Gasteiger partial charge in [0.2, 0.25) is 5.69 Å². The molecule has 6 nitrogen and oxygen atoms in total. The van der Waals surface area contributed by atoms with Gasteiger partial charge in [-0.1, -0.05) is 51.3 Å². The van der Waals surface area contributed by atoms with Crippen LogP contribution in [0.2, 0.25) is 20.1 Å².